The molecular weight excluding hydrogens is 544 g/mol. The van der Waals surface area contributed by atoms with Crippen LogP contribution < -0.4 is 5.32 Å². The Kier molecular flexibility index (Phi) is 20.0. The van der Waals surface area contributed by atoms with Gasteiger partial charge in [0.05, 0.1) is 12.6 Å². The van der Waals surface area contributed by atoms with Gasteiger partial charge in [0.15, 0.2) is 0 Å². The Morgan fingerprint density at radius 1 is 0.818 bits per heavy atom. The van der Waals surface area contributed by atoms with Gasteiger partial charge in [-0.25, -0.2) is 0 Å². The number of hydrogen-bond donors (Lipinski definition) is 1. The number of amides is 1. The molecule has 0 spiro atoms. The Bertz CT molecular complexity index is 1120. The molecule has 1 aliphatic heterocycles. The molecule has 0 radical (unpaired) electrons. The van der Waals surface area contributed by atoms with Crippen molar-refractivity contribution in [2.45, 2.75) is 104 Å². The number of piperidine rings is 1. The molecule has 1 unspecified atom stereocenters. The minimum Gasteiger partial charge on any atom is -0.466 e. The third-order valence-electron chi connectivity index (χ3n) is 7.61. The van der Waals surface area contributed by atoms with Gasteiger partial charge < -0.3 is 10.1 Å². The summed E-state index contributed by atoms with van der Waals surface area (Å²) in [6, 6.07) is 5.93. The molecule has 1 aromatic carbocycles. The van der Waals surface area contributed by atoms with E-state index < -0.39 is 0 Å². The normalized spacial score (nSPS) is 16.5. The predicted molar refractivity (Wildman–Crippen MR) is 187 cm³/mol. The van der Waals surface area contributed by atoms with Crippen molar-refractivity contribution in [2.75, 3.05) is 25.0 Å². The SMILES string of the molecule is CC/C=C\C/C=C\C/C=C\C/C=C\C/C=C\C/C=C\CCC(=O)OCCCN1CCCCC1C(=O)Nc1c(C)cccc1C. The molecule has 5 heteroatoms. The second kappa shape index (κ2) is 23.9. The van der Waals surface area contributed by atoms with Crippen LogP contribution in [-0.2, 0) is 14.3 Å². The van der Waals surface area contributed by atoms with E-state index in [9.17, 15) is 9.59 Å². The van der Waals surface area contributed by atoms with Crippen LogP contribution in [0, 0.1) is 13.8 Å². The fourth-order valence-electron chi connectivity index (χ4n) is 5.14. The molecule has 1 atom stereocenters. The van der Waals surface area contributed by atoms with E-state index in [0.29, 0.717) is 19.4 Å². The lowest BCUT2D eigenvalue weighted by atomic mass is 10.0. The minimum atomic E-state index is -0.160. The van der Waals surface area contributed by atoms with Crippen molar-refractivity contribution in [2.24, 2.45) is 0 Å². The zero-order valence-electron chi connectivity index (χ0n) is 27.5. The number of likely N-dealkylation sites (tertiary alicyclic amines) is 1. The smallest absolute Gasteiger partial charge is 0.306 e. The zero-order valence-corrected chi connectivity index (χ0v) is 27.5. The highest BCUT2D eigenvalue weighted by atomic mass is 16.5. The average Bonchev–Trinajstić information content (AvgIpc) is 3.02. The molecule has 2 rings (SSSR count). The number of para-hydroxylation sites is 1. The summed E-state index contributed by atoms with van der Waals surface area (Å²) in [6.07, 6.45) is 36.9. The Morgan fingerprint density at radius 3 is 1.93 bits per heavy atom. The monoisotopic (exact) mass is 600 g/mol. The van der Waals surface area contributed by atoms with E-state index in [0.717, 1.165) is 94.1 Å². The number of allylic oxidation sites excluding steroid dienone is 12. The summed E-state index contributed by atoms with van der Waals surface area (Å²) < 4.78 is 5.46. The van der Waals surface area contributed by atoms with Gasteiger partial charge in [-0.2, -0.15) is 0 Å². The van der Waals surface area contributed by atoms with Crippen molar-refractivity contribution < 1.29 is 14.3 Å². The molecule has 1 fully saturated rings. The summed E-state index contributed by atoms with van der Waals surface area (Å²) in [5, 5.41) is 3.17. The number of hydrogen-bond acceptors (Lipinski definition) is 4. The van der Waals surface area contributed by atoms with E-state index in [4.69, 9.17) is 4.74 Å². The van der Waals surface area contributed by atoms with E-state index in [1.807, 2.05) is 38.1 Å². The maximum atomic E-state index is 13.1. The summed E-state index contributed by atoms with van der Waals surface area (Å²) >= 11 is 0. The van der Waals surface area contributed by atoms with E-state index in [-0.39, 0.29) is 17.9 Å². The average molecular weight is 601 g/mol. The van der Waals surface area contributed by atoms with Gasteiger partial charge in [-0.3, -0.25) is 14.5 Å². The topological polar surface area (TPSA) is 58.6 Å². The van der Waals surface area contributed by atoms with Crippen molar-refractivity contribution >= 4 is 17.6 Å². The standard InChI is InChI=1S/C39H56N2O3/c1-4-5-6-7-8-9-10-11-12-13-14-15-16-17-18-19-20-21-22-30-37(42)44-33-26-32-41-31-24-23-29-36(41)39(43)40-38-34(2)27-25-28-35(38)3/h5-6,8-9,11-12,14-15,17-18,20-21,25,27-28,36H,4,7,10,13,16,19,22-24,26,29-33H2,1-3H3,(H,40,43)/b6-5-,9-8-,12-11-,15-14-,18-17-,21-20-. The molecule has 1 aliphatic rings. The Balaban J connectivity index is 1.51. The van der Waals surface area contributed by atoms with Gasteiger partial charge in [-0.1, -0.05) is 104 Å². The highest BCUT2D eigenvalue weighted by Crippen LogP contribution is 2.23. The molecule has 0 aromatic heterocycles. The second-order valence-corrected chi connectivity index (χ2v) is 11.3. The number of ether oxygens (including phenoxy) is 1. The molecule has 1 heterocycles. The lowest BCUT2D eigenvalue weighted by Gasteiger charge is -2.34. The van der Waals surface area contributed by atoms with Gasteiger partial charge in [-0.15, -0.1) is 0 Å². The van der Waals surface area contributed by atoms with Gasteiger partial charge in [0, 0.05) is 18.7 Å². The van der Waals surface area contributed by atoms with Crippen LogP contribution in [0.5, 0.6) is 0 Å². The van der Waals surface area contributed by atoms with Crippen molar-refractivity contribution in [3.8, 4) is 0 Å². The van der Waals surface area contributed by atoms with Crippen LogP contribution in [-0.4, -0.2) is 42.5 Å². The van der Waals surface area contributed by atoms with Crippen molar-refractivity contribution in [3.05, 3.63) is 102 Å². The van der Waals surface area contributed by atoms with Crippen molar-refractivity contribution in [3.63, 3.8) is 0 Å². The maximum Gasteiger partial charge on any atom is 0.306 e. The molecular formula is C39H56N2O3. The van der Waals surface area contributed by atoms with Crippen LogP contribution in [0.2, 0.25) is 0 Å². The maximum absolute atomic E-state index is 13.1. The van der Waals surface area contributed by atoms with Crippen LogP contribution in [0.25, 0.3) is 0 Å². The van der Waals surface area contributed by atoms with Gasteiger partial charge in [0.1, 0.15) is 0 Å². The lowest BCUT2D eigenvalue weighted by Crippen LogP contribution is -2.47. The number of esters is 1. The number of aryl methyl sites for hydroxylation is 2. The highest BCUT2D eigenvalue weighted by molar-refractivity contribution is 5.96. The van der Waals surface area contributed by atoms with E-state index in [1.54, 1.807) is 0 Å². The van der Waals surface area contributed by atoms with Crippen LogP contribution in [0.3, 0.4) is 0 Å². The Hall–Kier alpha value is -3.44. The van der Waals surface area contributed by atoms with Crippen molar-refractivity contribution in [1.82, 2.24) is 4.90 Å². The first kappa shape index (κ1) is 36.8. The first-order valence-electron chi connectivity index (χ1n) is 16.7. The third-order valence-corrected chi connectivity index (χ3v) is 7.61. The fraction of sp³-hybridized carbons (Fsp3) is 0.487. The fourth-order valence-corrected chi connectivity index (χ4v) is 5.14. The molecule has 0 saturated carbocycles. The first-order valence-corrected chi connectivity index (χ1v) is 16.7. The Labute approximate surface area is 267 Å². The number of rotatable bonds is 20. The summed E-state index contributed by atoms with van der Waals surface area (Å²) in [6.45, 7) is 8.26. The summed E-state index contributed by atoms with van der Waals surface area (Å²) in [5.41, 5.74) is 3.08. The number of nitrogens with one attached hydrogen (secondary N) is 1. The van der Waals surface area contributed by atoms with E-state index in [2.05, 4.69) is 84.0 Å². The van der Waals surface area contributed by atoms with Crippen LogP contribution in [0.15, 0.2) is 91.1 Å². The number of nitrogens with zero attached hydrogens (tertiary/aromatic N) is 1. The molecule has 240 valence electrons. The van der Waals surface area contributed by atoms with Gasteiger partial charge in [0.25, 0.3) is 0 Å². The molecule has 0 bridgehead atoms. The first-order chi connectivity index (χ1) is 21.5. The summed E-state index contributed by atoms with van der Waals surface area (Å²) in [4.78, 5) is 27.5. The number of anilines is 1. The van der Waals surface area contributed by atoms with Crippen LogP contribution in [0.1, 0.15) is 95.1 Å². The number of benzene rings is 1. The molecule has 1 saturated heterocycles. The quantitative estimate of drug-likeness (QED) is 0.0920. The Morgan fingerprint density at radius 2 is 1.36 bits per heavy atom. The molecule has 5 nitrogen and oxygen atoms in total. The lowest BCUT2D eigenvalue weighted by molar-refractivity contribution is -0.144. The zero-order chi connectivity index (χ0) is 31.7. The molecule has 1 amide bonds. The summed E-state index contributed by atoms with van der Waals surface area (Å²) in [5.74, 6) is -0.0945. The molecule has 0 aliphatic carbocycles. The predicted octanol–water partition coefficient (Wildman–Crippen LogP) is 9.51. The van der Waals surface area contributed by atoms with Crippen molar-refractivity contribution in [1.29, 1.82) is 0 Å². The van der Waals surface area contributed by atoms with E-state index in [1.165, 1.54) is 0 Å². The van der Waals surface area contributed by atoms with Crippen LogP contribution >= 0.6 is 0 Å². The van der Waals surface area contributed by atoms with E-state index >= 15 is 0 Å². The second-order valence-electron chi connectivity index (χ2n) is 11.3. The molecule has 1 aromatic rings. The molecule has 44 heavy (non-hydrogen) atoms. The molecule has 1 N–H and O–H groups in total. The minimum absolute atomic E-state index is 0.0652. The highest BCUT2D eigenvalue weighted by Gasteiger charge is 2.28. The van der Waals surface area contributed by atoms with Gasteiger partial charge >= 0.3 is 5.97 Å². The third kappa shape index (κ3) is 16.4. The van der Waals surface area contributed by atoms with Gasteiger partial charge in [-0.05, 0) is 95.7 Å². The largest absolute Gasteiger partial charge is 0.466 e. The van der Waals surface area contributed by atoms with Crippen LogP contribution in [0.4, 0.5) is 5.69 Å². The number of carbonyl (C=O) groups excluding carboxylic acids is 2. The summed E-state index contributed by atoms with van der Waals surface area (Å²) in [7, 11) is 0. The number of carbonyl (C=O) groups is 2. The van der Waals surface area contributed by atoms with Gasteiger partial charge in [0.2, 0.25) is 5.91 Å².